The second-order valence-corrected chi connectivity index (χ2v) is 6.22. The number of hydrogen-bond donors (Lipinski definition) is 0. The monoisotopic (exact) mass is 312 g/mol. The van der Waals surface area contributed by atoms with E-state index in [-0.39, 0.29) is 0 Å². The van der Waals surface area contributed by atoms with E-state index < -0.39 is 16.2 Å². The van der Waals surface area contributed by atoms with E-state index in [1.54, 1.807) is 48.5 Å². The van der Waals surface area contributed by atoms with Gasteiger partial charge in [-0.2, -0.15) is 13.7 Å². The van der Waals surface area contributed by atoms with Crippen LogP contribution in [0.3, 0.4) is 0 Å². The molecule has 1 atom stereocenters. The van der Waals surface area contributed by atoms with Crippen LogP contribution >= 0.6 is 0 Å². The first-order valence-electron chi connectivity index (χ1n) is 6.28. The third-order valence-corrected chi connectivity index (χ3v) is 3.48. The Morgan fingerprint density at radius 3 is 2.00 bits per heavy atom. The fourth-order valence-electron chi connectivity index (χ4n) is 1.93. The SMILES string of the molecule is [C-]#[N+]c1ccc(C(OS(C)(=O)=O)c2ccc(C#N)cc2)cc1. The highest BCUT2D eigenvalue weighted by Gasteiger charge is 2.20. The lowest BCUT2D eigenvalue weighted by atomic mass is 10.0. The van der Waals surface area contributed by atoms with E-state index in [9.17, 15) is 8.42 Å². The van der Waals surface area contributed by atoms with E-state index in [1.165, 1.54) is 0 Å². The molecule has 0 amide bonds. The maximum Gasteiger partial charge on any atom is 0.265 e. The fraction of sp³-hybridized carbons (Fsp3) is 0.125. The van der Waals surface area contributed by atoms with Crippen LogP contribution < -0.4 is 0 Å². The molecule has 0 radical (unpaired) electrons. The molecule has 2 aromatic rings. The number of nitriles is 1. The Bertz CT molecular complexity index is 785. The Morgan fingerprint density at radius 1 is 1.09 bits per heavy atom. The van der Waals surface area contributed by atoms with Gasteiger partial charge < -0.3 is 0 Å². The molecule has 22 heavy (non-hydrogen) atoms. The van der Waals surface area contributed by atoms with Crippen molar-refractivity contribution in [1.29, 1.82) is 5.26 Å². The van der Waals surface area contributed by atoms with Gasteiger partial charge in [-0.1, -0.05) is 36.4 Å². The molecule has 110 valence electrons. The standard InChI is InChI=1S/C16H12N2O3S/c1-18-15-9-7-14(8-10-15)16(21-22(2,19)20)13-5-3-12(11-17)4-6-13/h3-10,16H,2H3. The van der Waals surface area contributed by atoms with E-state index in [1.807, 2.05) is 6.07 Å². The second kappa shape index (κ2) is 6.40. The van der Waals surface area contributed by atoms with Gasteiger partial charge in [0, 0.05) is 0 Å². The Balaban J connectivity index is 2.45. The zero-order valence-electron chi connectivity index (χ0n) is 11.7. The van der Waals surface area contributed by atoms with E-state index in [2.05, 4.69) is 4.85 Å². The van der Waals surface area contributed by atoms with Crippen LogP contribution in [0.25, 0.3) is 4.85 Å². The molecule has 1 unspecified atom stereocenters. The average Bonchev–Trinajstić information content (AvgIpc) is 2.52. The third-order valence-electron chi connectivity index (χ3n) is 2.94. The molecule has 0 heterocycles. The molecule has 0 aliphatic heterocycles. The largest absolute Gasteiger partial charge is 0.265 e. The minimum atomic E-state index is -3.68. The van der Waals surface area contributed by atoms with Crippen molar-refractivity contribution in [2.75, 3.05) is 6.26 Å². The molecule has 6 heteroatoms. The molecule has 5 nitrogen and oxygen atoms in total. The summed E-state index contributed by atoms with van der Waals surface area (Å²) in [5.41, 5.74) is 2.16. The Kier molecular flexibility index (Phi) is 4.57. The molecule has 0 aromatic heterocycles. The number of nitrogens with zero attached hydrogens (tertiary/aromatic N) is 2. The van der Waals surface area contributed by atoms with E-state index in [0.29, 0.717) is 22.4 Å². The van der Waals surface area contributed by atoms with Crippen molar-refractivity contribution < 1.29 is 12.6 Å². The number of benzene rings is 2. The summed E-state index contributed by atoms with van der Waals surface area (Å²) in [6, 6.07) is 15.0. The molecule has 0 saturated heterocycles. The maximum atomic E-state index is 11.5. The first-order chi connectivity index (χ1) is 10.4. The van der Waals surface area contributed by atoms with E-state index >= 15 is 0 Å². The van der Waals surface area contributed by atoms with Crippen molar-refractivity contribution in [2.24, 2.45) is 0 Å². The summed E-state index contributed by atoms with van der Waals surface area (Å²) in [7, 11) is -3.68. The fourth-order valence-corrected chi connectivity index (χ4v) is 2.51. The van der Waals surface area contributed by atoms with E-state index in [0.717, 1.165) is 6.26 Å². The van der Waals surface area contributed by atoms with Crippen LogP contribution in [-0.2, 0) is 14.3 Å². The summed E-state index contributed by atoms with van der Waals surface area (Å²) in [5, 5.41) is 8.82. The van der Waals surface area contributed by atoms with Crippen molar-refractivity contribution in [3.8, 4) is 6.07 Å². The van der Waals surface area contributed by atoms with Crippen molar-refractivity contribution in [3.05, 3.63) is 76.6 Å². The summed E-state index contributed by atoms with van der Waals surface area (Å²) in [5.74, 6) is 0. The smallest absolute Gasteiger partial charge is 0.257 e. The Morgan fingerprint density at radius 2 is 1.59 bits per heavy atom. The molecule has 2 aromatic carbocycles. The van der Waals surface area contributed by atoms with Gasteiger partial charge in [0.2, 0.25) is 0 Å². The normalized spacial score (nSPS) is 12.1. The van der Waals surface area contributed by atoms with Crippen LogP contribution in [0.1, 0.15) is 22.8 Å². The van der Waals surface area contributed by atoms with Crippen LogP contribution in [0.15, 0.2) is 48.5 Å². The highest BCUT2D eigenvalue weighted by molar-refractivity contribution is 7.86. The molecular formula is C16H12N2O3S. The summed E-state index contributed by atoms with van der Waals surface area (Å²) >= 11 is 0. The number of hydrogen-bond acceptors (Lipinski definition) is 4. The molecule has 2 rings (SSSR count). The maximum absolute atomic E-state index is 11.5. The molecule has 0 bridgehead atoms. The molecule has 0 saturated carbocycles. The first kappa shape index (κ1) is 15.7. The second-order valence-electron chi connectivity index (χ2n) is 4.62. The van der Waals surface area contributed by atoms with Gasteiger partial charge in [0.1, 0.15) is 6.10 Å². The average molecular weight is 312 g/mol. The lowest BCUT2D eigenvalue weighted by molar-refractivity contribution is 0.256. The summed E-state index contributed by atoms with van der Waals surface area (Å²) in [6.45, 7) is 6.94. The van der Waals surface area contributed by atoms with E-state index in [4.69, 9.17) is 16.0 Å². The van der Waals surface area contributed by atoms with Gasteiger partial charge in [0.25, 0.3) is 10.1 Å². The quantitative estimate of drug-likeness (QED) is 0.642. The van der Waals surface area contributed by atoms with Crippen LogP contribution in [0.2, 0.25) is 0 Å². The van der Waals surface area contributed by atoms with Gasteiger partial charge in [0.05, 0.1) is 24.5 Å². The van der Waals surface area contributed by atoms with Crippen LogP contribution in [0.5, 0.6) is 0 Å². The van der Waals surface area contributed by atoms with Crippen LogP contribution in [-0.4, -0.2) is 14.7 Å². The minimum Gasteiger partial charge on any atom is -0.257 e. The molecule has 0 spiro atoms. The summed E-state index contributed by atoms with van der Waals surface area (Å²) in [6.07, 6.45) is 0.166. The first-order valence-corrected chi connectivity index (χ1v) is 8.10. The van der Waals surface area contributed by atoms with Crippen LogP contribution in [0.4, 0.5) is 5.69 Å². The Hall–Kier alpha value is -2.67. The zero-order chi connectivity index (χ0) is 16.2. The minimum absolute atomic E-state index is 0.460. The van der Waals surface area contributed by atoms with Gasteiger partial charge in [-0.25, -0.2) is 4.85 Å². The topological polar surface area (TPSA) is 71.5 Å². The summed E-state index contributed by atoms with van der Waals surface area (Å²) in [4.78, 5) is 3.30. The lowest BCUT2D eigenvalue weighted by Gasteiger charge is -2.17. The zero-order valence-corrected chi connectivity index (χ0v) is 12.5. The predicted octanol–water partition coefficient (Wildman–Crippen LogP) is 3.17. The molecule has 0 N–H and O–H groups in total. The van der Waals surface area contributed by atoms with Gasteiger partial charge in [-0.15, -0.1) is 0 Å². The van der Waals surface area contributed by atoms with Crippen molar-refractivity contribution >= 4 is 15.8 Å². The van der Waals surface area contributed by atoms with Gasteiger partial charge in [-0.05, 0) is 23.3 Å². The highest BCUT2D eigenvalue weighted by Crippen LogP contribution is 2.29. The lowest BCUT2D eigenvalue weighted by Crippen LogP contribution is -2.11. The van der Waals surface area contributed by atoms with Gasteiger partial charge in [0.15, 0.2) is 5.69 Å². The van der Waals surface area contributed by atoms with Crippen molar-refractivity contribution in [1.82, 2.24) is 0 Å². The molecule has 0 fully saturated rings. The predicted molar refractivity (Wildman–Crippen MR) is 81.6 cm³/mol. The molecule has 0 aliphatic carbocycles. The van der Waals surface area contributed by atoms with Gasteiger partial charge >= 0.3 is 0 Å². The summed E-state index contributed by atoms with van der Waals surface area (Å²) < 4.78 is 28.2. The highest BCUT2D eigenvalue weighted by atomic mass is 32.2. The third kappa shape index (κ3) is 3.92. The number of rotatable bonds is 4. The van der Waals surface area contributed by atoms with Crippen molar-refractivity contribution in [2.45, 2.75) is 6.10 Å². The Labute approximate surface area is 129 Å². The molecular weight excluding hydrogens is 300 g/mol. The van der Waals surface area contributed by atoms with Crippen molar-refractivity contribution in [3.63, 3.8) is 0 Å². The van der Waals surface area contributed by atoms with Gasteiger partial charge in [-0.3, -0.25) is 4.18 Å². The molecule has 0 aliphatic rings. The van der Waals surface area contributed by atoms with Crippen LogP contribution in [0, 0.1) is 17.9 Å².